The Hall–Kier alpha value is -1.88. The fourth-order valence-electron chi connectivity index (χ4n) is 2.05. The summed E-state index contributed by atoms with van der Waals surface area (Å²) in [5.74, 6) is -3.33. The molecule has 2 aromatic rings. The summed E-state index contributed by atoms with van der Waals surface area (Å²) in [7, 11) is 0. The van der Waals surface area contributed by atoms with Gasteiger partial charge in [0.2, 0.25) is 0 Å². The van der Waals surface area contributed by atoms with E-state index in [9.17, 15) is 17.6 Å². The van der Waals surface area contributed by atoms with E-state index in [1.165, 1.54) is 18.2 Å². The molecule has 20 heavy (non-hydrogen) atoms. The van der Waals surface area contributed by atoms with Crippen LogP contribution in [0.25, 0.3) is 0 Å². The maximum atomic E-state index is 13.5. The van der Waals surface area contributed by atoms with Crippen LogP contribution in [0.4, 0.5) is 17.6 Å². The van der Waals surface area contributed by atoms with E-state index in [1.54, 1.807) is 0 Å². The molecule has 0 aliphatic carbocycles. The summed E-state index contributed by atoms with van der Waals surface area (Å²) in [6.45, 7) is 0. The molecule has 2 rings (SSSR count). The van der Waals surface area contributed by atoms with Crippen LogP contribution < -0.4 is 5.73 Å². The van der Waals surface area contributed by atoms with Crippen molar-refractivity contribution >= 4 is 0 Å². The van der Waals surface area contributed by atoms with Crippen LogP contribution in [0.2, 0.25) is 0 Å². The van der Waals surface area contributed by atoms with Gasteiger partial charge in [-0.1, -0.05) is 18.2 Å². The highest BCUT2D eigenvalue weighted by Gasteiger charge is 2.16. The Morgan fingerprint density at radius 3 is 2.00 bits per heavy atom. The SMILES string of the molecule is NC(Cc1cccc(F)c1F)Cc1c(F)cccc1F. The van der Waals surface area contributed by atoms with Crippen molar-refractivity contribution in [3.05, 3.63) is 70.8 Å². The zero-order valence-electron chi connectivity index (χ0n) is 10.5. The first kappa shape index (κ1) is 14.5. The maximum Gasteiger partial charge on any atom is 0.162 e. The summed E-state index contributed by atoms with van der Waals surface area (Å²) in [5.41, 5.74) is 5.72. The van der Waals surface area contributed by atoms with Crippen molar-refractivity contribution in [2.75, 3.05) is 0 Å². The Morgan fingerprint density at radius 1 is 0.800 bits per heavy atom. The molecular formula is C15H13F4N. The lowest BCUT2D eigenvalue weighted by Gasteiger charge is -2.13. The van der Waals surface area contributed by atoms with Gasteiger partial charge < -0.3 is 5.73 Å². The minimum atomic E-state index is -0.975. The summed E-state index contributed by atoms with van der Waals surface area (Å²) in [6.07, 6.45) is -0.0914. The lowest BCUT2D eigenvalue weighted by atomic mass is 9.98. The van der Waals surface area contributed by atoms with Crippen molar-refractivity contribution in [1.29, 1.82) is 0 Å². The van der Waals surface area contributed by atoms with E-state index in [4.69, 9.17) is 5.73 Å². The van der Waals surface area contributed by atoms with E-state index < -0.39 is 29.3 Å². The molecule has 0 radical (unpaired) electrons. The third-order valence-electron chi connectivity index (χ3n) is 3.04. The molecule has 0 aliphatic rings. The number of hydrogen-bond acceptors (Lipinski definition) is 1. The van der Waals surface area contributed by atoms with Crippen molar-refractivity contribution < 1.29 is 17.6 Å². The first-order chi connectivity index (χ1) is 9.49. The second-order valence-corrected chi connectivity index (χ2v) is 4.58. The average Bonchev–Trinajstić information content (AvgIpc) is 2.39. The molecule has 1 nitrogen and oxygen atoms in total. The van der Waals surface area contributed by atoms with E-state index in [-0.39, 0.29) is 24.0 Å². The summed E-state index contributed by atoms with van der Waals surface area (Å²) in [4.78, 5) is 0. The van der Waals surface area contributed by atoms with Gasteiger partial charge in [-0.2, -0.15) is 0 Å². The van der Waals surface area contributed by atoms with Crippen molar-refractivity contribution in [2.45, 2.75) is 18.9 Å². The monoisotopic (exact) mass is 283 g/mol. The topological polar surface area (TPSA) is 26.0 Å². The van der Waals surface area contributed by atoms with Gasteiger partial charge in [0.05, 0.1) is 0 Å². The van der Waals surface area contributed by atoms with Crippen LogP contribution in [0, 0.1) is 23.3 Å². The third kappa shape index (κ3) is 3.17. The Morgan fingerprint density at radius 2 is 1.35 bits per heavy atom. The lowest BCUT2D eigenvalue weighted by molar-refractivity contribution is 0.488. The summed E-state index contributed by atoms with van der Waals surface area (Å²) in [5, 5.41) is 0. The molecule has 0 amide bonds. The highest BCUT2D eigenvalue weighted by atomic mass is 19.2. The highest BCUT2D eigenvalue weighted by Crippen LogP contribution is 2.17. The highest BCUT2D eigenvalue weighted by molar-refractivity contribution is 5.23. The fourth-order valence-corrected chi connectivity index (χ4v) is 2.05. The summed E-state index contributed by atoms with van der Waals surface area (Å²) >= 11 is 0. The number of rotatable bonds is 4. The number of nitrogens with two attached hydrogens (primary N) is 1. The van der Waals surface area contributed by atoms with E-state index >= 15 is 0 Å². The zero-order chi connectivity index (χ0) is 14.7. The second-order valence-electron chi connectivity index (χ2n) is 4.58. The van der Waals surface area contributed by atoms with Crippen LogP contribution in [0.3, 0.4) is 0 Å². The van der Waals surface area contributed by atoms with Gasteiger partial charge in [0.25, 0.3) is 0 Å². The van der Waals surface area contributed by atoms with Crippen LogP contribution >= 0.6 is 0 Å². The molecule has 5 heteroatoms. The van der Waals surface area contributed by atoms with E-state index in [0.717, 1.165) is 18.2 Å². The molecule has 106 valence electrons. The van der Waals surface area contributed by atoms with E-state index in [1.807, 2.05) is 0 Å². The number of hydrogen-bond donors (Lipinski definition) is 1. The number of benzene rings is 2. The van der Waals surface area contributed by atoms with Gasteiger partial charge in [0, 0.05) is 11.6 Å². The molecule has 0 bridgehead atoms. The largest absolute Gasteiger partial charge is 0.327 e. The molecule has 1 atom stereocenters. The zero-order valence-corrected chi connectivity index (χ0v) is 10.5. The fraction of sp³-hybridized carbons (Fsp3) is 0.200. The maximum absolute atomic E-state index is 13.5. The molecule has 1 unspecified atom stereocenters. The van der Waals surface area contributed by atoms with Crippen molar-refractivity contribution in [2.24, 2.45) is 5.73 Å². The van der Waals surface area contributed by atoms with Gasteiger partial charge in [-0.15, -0.1) is 0 Å². The second kappa shape index (κ2) is 6.05. The van der Waals surface area contributed by atoms with Crippen molar-refractivity contribution in [3.63, 3.8) is 0 Å². The molecule has 0 saturated heterocycles. The predicted molar refractivity (Wildman–Crippen MR) is 68.1 cm³/mol. The summed E-state index contributed by atoms with van der Waals surface area (Å²) < 4.78 is 53.5. The predicted octanol–water partition coefficient (Wildman–Crippen LogP) is 3.36. The average molecular weight is 283 g/mol. The molecule has 0 aliphatic heterocycles. The first-order valence-corrected chi connectivity index (χ1v) is 6.10. The van der Waals surface area contributed by atoms with Gasteiger partial charge in [-0.25, -0.2) is 17.6 Å². The van der Waals surface area contributed by atoms with Gasteiger partial charge >= 0.3 is 0 Å². The van der Waals surface area contributed by atoms with Crippen molar-refractivity contribution in [3.8, 4) is 0 Å². The standard InChI is InChI=1S/C15H13F4N/c16-12-4-2-5-13(17)11(12)8-10(20)7-9-3-1-6-14(18)15(9)19/h1-6,10H,7-8,20H2. The molecular weight excluding hydrogens is 270 g/mol. The summed E-state index contributed by atoms with van der Waals surface area (Å²) in [6, 6.07) is 6.58. The van der Waals surface area contributed by atoms with Gasteiger partial charge in [0.15, 0.2) is 11.6 Å². The normalized spacial score (nSPS) is 12.4. The number of halogens is 4. The molecule has 0 fully saturated rings. The molecule has 2 N–H and O–H groups in total. The van der Waals surface area contributed by atoms with Crippen LogP contribution in [0.5, 0.6) is 0 Å². The van der Waals surface area contributed by atoms with E-state index in [0.29, 0.717) is 0 Å². The Labute approximate surface area is 114 Å². The third-order valence-corrected chi connectivity index (χ3v) is 3.04. The van der Waals surface area contributed by atoms with Crippen molar-refractivity contribution in [1.82, 2.24) is 0 Å². The Bertz CT molecular complexity index is 593. The Kier molecular flexibility index (Phi) is 4.39. The molecule has 0 aromatic heterocycles. The Balaban J connectivity index is 2.13. The van der Waals surface area contributed by atoms with Crippen LogP contribution in [-0.2, 0) is 12.8 Å². The molecule has 0 heterocycles. The van der Waals surface area contributed by atoms with E-state index in [2.05, 4.69) is 0 Å². The molecule has 2 aromatic carbocycles. The first-order valence-electron chi connectivity index (χ1n) is 6.10. The van der Waals surface area contributed by atoms with Crippen LogP contribution in [-0.4, -0.2) is 6.04 Å². The lowest BCUT2D eigenvalue weighted by Crippen LogP contribution is -2.27. The van der Waals surface area contributed by atoms with Gasteiger partial charge in [-0.05, 0) is 36.6 Å². The minimum Gasteiger partial charge on any atom is -0.327 e. The molecule has 0 spiro atoms. The van der Waals surface area contributed by atoms with Crippen LogP contribution in [0.15, 0.2) is 36.4 Å². The van der Waals surface area contributed by atoms with Crippen LogP contribution in [0.1, 0.15) is 11.1 Å². The molecule has 0 saturated carbocycles. The smallest absolute Gasteiger partial charge is 0.162 e. The van der Waals surface area contributed by atoms with Gasteiger partial charge in [0.1, 0.15) is 11.6 Å². The minimum absolute atomic E-state index is 0.00261. The van der Waals surface area contributed by atoms with Gasteiger partial charge in [-0.3, -0.25) is 0 Å². The quantitative estimate of drug-likeness (QED) is 0.856.